The van der Waals surface area contributed by atoms with Gasteiger partial charge in [-0.05, 0) is 5.56 Å². The summed E-state index contributed by atoms with van der Waals surface area (Å²) in [5.41, 5.74) is 0.803. The van der Waals surface area contributed by atoms with Crippen LogP contribution in [0, 0.1) is 11.3 Å². The summed E-state index contributed by atoms with van der Waals surface area (Å²) in [6.45, 7) is 0. The first-order valence-corrected chi connectivity index (χ1v) is 5.08. The van der Waals surface area contributed by atoms with Crippen LogP contribution in [0.1, 0.15) is 22.0 Å². The highest BCUT2D eigenvalue weighted by Crippen LogP contribution is 2.17. The number of benzene rings is 1. The van der Waals surface area contributed by atoms with Gasteiger partial charge in [-0.2, -0.15) is 5.26 Å². The zero-order chi connectivity index (χ0) is 12.1. The molecule has 0 bridgehead atoms. The number of nitriles is 1. The molecule has 0 aromatic heterocycles. The highest BCUT2D eigenvalue weighted by atomic mass is 35.5. The van der Waals surface area contributed by atoms with Crippen LogP contribution >= 0.6 is 11.6 Å². The Labute approximate surface area is 97.7 Å². The molecule has 2 unspecified atom stereocenters. The van der Waals surface area contributed by atoms with Gasteiger partial charge >= 0.3 is 0 Å². The van der Waals surface area contributed by atoms with Crippen molar-refractivity contribution in [2.75, 3.05) is 5.88 Å². The maximum Gasteiger partial charge on any atom is 0.177 e. The average Bonchev–Trinajstić information content (AvgIpc) is 2.36. The zero-order valence-corrected chi connectivity index (χ0v) is 9.05. The molecule has 2 N–H and O–H groups in total. The SMILES string of the molecule is N#CC(O)C(O)c1ccc(C(=O)CCl)cc1. The standard InChI is InChI=1S/C11H10ClNO3/c12-5-9(14)7-1-3-8(4-2-7)11(16)10(15)6-13/h1-4,10-11,15-16H,5H2. The first kappa shape index (κ1) is 12.7. The molecule has 0 aliphatic heterocycles. The molecule has 84 valence electrons. The number of carbonyl (C=O) groups is 1. The van der Waals surface area contributed by atoms with E-state index in [1.165, 1.54) is 30.3 Å². The third kappa shape index (κ3) is 2.80. The number of hydrogen-bond acceptors (Lipinski definition) is 4. The normalized spacial score (nSPS) is 13.9. The van der Waals surface area contributed by atoms with Crippen molar-refractivity contribution in [2.24, 2.45) is 0 Å². The van der Waals surface area contributed by atoms with Gasteiger partial charge in [-0.15, -0.1) is 11.6 Å². The molecule has 0 fully saturated rings. The predicted octanol–water partition coefficient (Wildman–Crippen LogP) is 1.03. The van der Waals surface area contributed by atoms with Crippen LogP contribution in [0.4, 0.5) is 0 Å². The van der Waals surface area contributed by atoms with E-state index in [4.69, 9.17) is 22.0 Å². The molecule has 16 heavy (non-hydrogen) atoms. The number of alkyl halides is 1. The molecule has 0 saturated heterocycles. The van der Waals surface area contributed by atoms with Gasteiger partial charge in [0.2, 0.25) is 0 Å². The largest absolute Gasteiger partial charge is 0.385 e. The van der Waals surface area contributed by atoms with E-state index in [0.29, 0.717) is 11.1 Å². The van der Waals surface area contributed by atoms with Crippen molar-refractivity contribution >= 4 is 17.4 Å². The van der Waals surface area contributed by atoms with E-state index in [-0.39, 0.29) is 11.7 Å². The first-order valence-electron chi connectivity index (χ1n) is 4.55. The van der Waals surface area contributed by atoms with Crippen LogP contribution in [-0.2, 0) is 0 Å². The van der Waals surface area contributed by atoms with Crippen LogP contribution in [0.3, 0.4) is 0 Å². The van der Waals surface area contributed by atoms with Crippen molar-refractivity contribution < 1.29 is 15.0 Å². The number of aliphatic hydroxyl groups excluding tert-OH is 2. The minimum atomic E-state index is -1.48. The van der Waals surface area contributed by atoms with E-state index >= 15 is 0 Å². The van der Waals surface area contributed by atoms with Crippen LogP contribution in [-0.4, -0.2) is 28.0 Å². The molecule has 0 aliphatic carbocycles. The molecule has 0 saturated carbocycles. The summed E-state index contributed by atoms with van der Waals surface area (Å²) in [5.74, 6) is -0.327. The molecule has 0 radical (unpaired) electrons. The summed E-state index contributed by atoms with van der Waals surface area (Å²) >= 11 is 5.38. The van der Waals surface area contributed by atoms with Crippen LogP contribution in [0.5, 0.6) is 0 Å². The van der Waals surface area contributed by atoms with Crippen molar-refractivity contribution in [1.82, 2.24) is 0 Å². The number of aliphatic hydroxyl groups is 2. The summed E-state index contributed by atoms with van der Waals surface area (Å²) in [4.78, 5) is 11.2. The van der Waals surface area contributed by atoms with Crippen molar-refractivity contribution in [2.45, 2.75) is 12.2 Å². The second-order valence-corrected chi connectivity index (χ2v) is 3.46. The summed E-state index contributed by atoms with van der Waals surface area (Å²) in [7, 11) is 0. The Bertz CT molecular complexity index is 410. The Morgan fingerprint density at radius 1 is 1.38 bits per heavy atom. The highest BCUT2D eigenvalue weighted by molar-refractivity contribution is 6.30. The minimum absolute atomic E-state index is 0.108. The Kier molecular flexibility index (Phi) is 4.44. The summed E-state index contributed by atoms with van der Waals surface area (Å²) in [6.07, 6.45) is -2.75. The Hall–Kier alpha value is -1.41. The third-order valence-corrected chi connectivity index (χ3v) is 2.37. The number of rotatable bonds is 4. The molecule has 0 amide bonds. The van der Waals surface area contributed by atoms with E-state index < -0.39 is 12.2 Å². The summed E-state index contributed by atoms with van der Waals surface area (Å²) in [6, 6.07) is 7.47. The van der Waals surface area contributed by atoms with E-state index in [2.05, 4.69) is 0 Å². The Balaban J connectivity index is 2.87. The summed E-state index contributed by atoms with van der Waals surface area (Å²) < 4.78 is 0. The lowest BCUT2D eigenvalue weighted by Gasteiger charge is -2.11. The molecular formula is C11H10ClNO3. The van der Waals surface area contributed by atoms with Gasteiger partial charge in [0.05, 0.1) is 11.9 Å². The zero-order valence-electron chi connectivity index (χ0n) is 8.30. The lowest BCUT2D eigenvalue weighted by Crippen LogP contribution is -2.15. The van der Waals surface area contributed by atoms with Crippen LogP contribution in [0.25, 0.3) is 0 Å². The van der Waals surface area contributed by atoms with Gasteiger partial charge in [0.25, 0.3) is 0 Å². The number of halogens is 1. The topological polar surface area (TPSA) is 81.3 Å². The maximum absolute atomic E-state index is 11.2. The van der Waals surface area contributed by atoms with Gasteiger partial charge < -0.3 is 10.2 Å². The molecule has 0 aliphatic rings. The fourth-order valence-corrected chi connectivity index (χ4v) is 1.35. The Morgan fingerprint density at radius 2 is 1.94 bits per heavy atom. The average molecular weight is 240 g/mol. The second kappa shape index (κ2) is 5.61. The summed E-state index contributed by atoms with van der Waals surface area (Å²) in [5, 5.41) is 27.0. The smallest absolute Gasteiger partial charge is 0.177 e. The van der Waals surface area contributed by atoms with E-state index in [1.807, 2.05) is 0 Å². The monoisotopic (exact) mass is 239 g/mol. The van der Waals surface area contributed by atoms with Gasteiger partial charge in [-0.1, -0.05) is 24.3 Å². The molecule has 0 spiro atoms. The highest BCUT2D eigenvalue weighted by Gasteiger charge is 2.17. The molecule has 5 heteroatoms. The lowest BCUT2D eigenvalue weighted by molar-refractivity contribution is 0.0528. The second-order valence-electron chi connectivity index (χ2n) is 3.20. The molecule has 1 aromatic carbocycles. The number of carbonyl (C=O) groups excluding carboxylic acids is 1. The third-order valence-electron chi connectivity index (χ3n) is 2.13. The predicted molar refractivity (Wildman–Crippen MR) is 58.1 cm³/mol. The van der Waals surface area contributed by atoms with Crippen LogP contribution in [0.2, 0.25) is 0 Å². The first-order chi connectivity index (χ1) is 7.60. The van der Waals surface area contributed by atoms with E-state index in [9.17, 15) is 9.90 Å². The van der Waals surface area contributed by atoms with Crippen LogP contribution in [0.15, 0.2) is 24.3 Å². The van der Waals surface area contributed by atoms with Gasteiger partial charge in [0, 0.05) is 5.56 Å². The molecule has 2 atom stereocenters. The molecule has 4 nitrogen and oxygen atoms in total. The lowest BCUT2D eigenvalue weighted by atomic mass is 10.0. The van der Waals surface area contributed by atoms with Crippen molar-refractivity contribution in [3.8, 4) is 6.07 Å². The quantitative estimate of drug-likeness (QED) is 0.467. The minimum Gasteiger partial charge on any atom is -0.385 e. The van der Waals surface area contributed by atoms with Gasteiger partial charge in [0.15, 0.2) is 11.9 Å². The number of nitrogens with zero attached hydrogens (tertiary/aromatic N) is 1. The Morgan fingerprint density at radius 3 is 2.38 bits per heavy atom. The van der Waals surface area contributed by atoms with Crippen molar-refractivity contribution in [3.05, 3.63) is 35.4 Å². The number of ketones is 1. The molecule has 1 rings (SSSR count). The van der Waals surface area contributed by atoms with Gasteiger partial charge in [0.1, 0.15) is 6.10 Å². The van der Waals surface area contributed by atoms with Crippen molar-refractivity contribution in [3.63, 3.8) is 0 Å². The van der Waals surface area contributed by atoms with Crippen molar-refractivity contribution in [1.29, 1.82) is 5.26 Å². The molecule has 1 aromatic rings. The fraction of sp³-hybridized carbons (Fsp3) is 0.273. The maximum atomic E-state index is 11.2. The van der Waals surface area contributed by atoms with E-state index in [1.54, 1.807) is 0 Å². The van der Waals surface area contributed by atoms with Gasteiger partial charge in [-0.3, -0.25) is 4.79 Å². The van der Waals surface area contributed by atoms with E-state index in [0.717, 1.165) is 0 Å². The molecular weight excluding hydrogens is 230 g/mol. The number of hydrogen-bond donors (Lipinski definition) is 2. The van der Waals surface area contributed by atoms with Crippen LogP contribution < -0.4 is 0 Å². The fourth-order valence-electron chi connectivity index (χ4n) is 1.20. The number of Topliss-reactive ketones (excluding diaryl/α,β-unsaturated/α-hetero) is 1. The molecule has 0 heterocycles. The van der Waals surface area contributed by atoms with Gasteiger partial charge in [-0.25, -0.2) is 0 Å².